The number of urea groups is 1. The van der Waals surface area contributed by atoms with E-state index in [1.807, 2.05) is 0 Å². The fraction of sp³-hybridized carbons (Fsp3) is 0.600. The number of rotatable bonds is 6. The minimum absolute atomic E-state index is 0.367. The van der Waals surface area contributed by atoms with Crippen LogP contribution in [0.15, 0.2) is 12.7 Å². The van der Waals surface area contributed by atoms with Crippen LogP contribution in [-0.2, 0) is 4.79 Å². The van der Waals surface area contributed by atoms with Crippen LogP contribution >= 0.6 is 0 Å². The van der Waals surface area contributed by atoms with Gasteiger partial charge in [0.15, 0.2) is 0 Å². The van der Waals surface area contributed by atoms with Gasteiger partial charge in [-0.2, -0.15) is 0 Å². The number of aliphatic carboxylic acids is 1. The minimum atomic E-state index is -1.04. The minimum Gasteiger partial charge on any atom is -0.480 e. The molecular formula is C10H18N2O3. The van der Waals surface area contributed by atoms with Gasteiger partial charge < -0.3 is 15.3 Å². The lowest BCUT2D eigenvalue weighted by Crippen LogP contribution is -2.45. The Balaban J connectivity index is 3.88. The number of allylic oxidation sites excluding steroid dienone is 1. The lowest BCUT2D eigenvalue weighted by molar-refractivity contribution is -0.138. The van der Waals surface area contributed by atoms with Gasteiger partial charge in [0.05, 0.1) is 0 Å². The van der Waals surface area contributed by atoms with E-state index in [4.69, 9.17) is 5.11 Å². The van der Waals surface area contributed by atoms with Crippen molar-refractivity contribution in [3.8, 4) is 0 Å². The van der Waals surface area contributed by atoms with E-state index in [1.54, 1.807) is 13.1 Å². The molecule has 1 atom stereocenters. The summed E-state index contributed by atoms with van der Waals surface area (Å²) in [7, 11) is 1.63. The lowest BCUT2D eigenvalue weighted by atomic mass is 10.3. The van der Waals surface area contributed by atoms with E-state index in [1.165, 1.54) is 11.8 Å². The highest BCUT2D eigenvalue weighted by Crippen LogP contribution is 1.94. The Labute approximate surface area is 89.8 Å². The Morgan fingerprint density at radius 2 is 2.20 bits per heavy atom. The maximum absolute atomic E-state index is 11.4. The average molecular weight is 214 g/mol. The Bertz CT molecular complexity index is 241. The van der Waals surface area contributed by atoms with E-state index in [2.05, 4.69) is 11.9 Å². The number of carboxylic acids is 1. The second-order valence-electron chi connectivity index (χ2n) is 3.36. The predicted octanol–water partition coefficient (Wildman–Crippen LogP) is 1.07. The number of nitrogens with one attached hydrogen (secondary N) is 1. The third-order valence-electron chi connectivity index (χ3n) is 1.96. The van der Waals surface area contributed by atoms with E-state index in [0.29, 0.717) is 6.54 Å². The number of carbonyl (C=O) groups is 2. The third kappa shape index (κ3) is 5.72. The van der Waals surface area contributed by atoms with Crippen molar-refractivity contribution in [1.29, 1.82) is 0 Å². The highest BCUT2D eigenvalue weighted by atomic mass is 16.4. The molecule has 0 radical (unpaired) electrons. The van der Waals surface area contributed by atoms with Crippen LogP contribution in [0.25, 0.3) is 0 Å². The number of hydrogen-bond donors (Lipinski definition) is 2. The Morgan fingerprint density at radius 1 is 1.60 bits per heavy atom. The van der Waals surface area contributed by atoms with Gasteiger partial charge in [-0.1, -0.05) is 6.08 Å². The molecular weight excluding hydrogens is 196 g/mol. The van der Waals surface area contributed by atoms with Crippen molar-refractivity contribution in [2.24, 2.45) is 0 Å². The molecule has 2 N–H and O–H groups in total. The van der Waals surface area contributed by atoms with Gasteiger partial charge >= 0.3 is 12.0 Å². The summed E-state index contributed by atoms with van der Waals surface area (Å²) in [5, 5.41) is 10.9. The maximum atomic E-state index is 11.4. The molecule has 2 amide bonds. The zero-order chi connectivity index (χ0) is 11.8. The van der Waals surface area contributed by atoms with Crippen LogP contribution < -0.4 is 5.32 Å². The molecule has 0 aromatic heterocycles. The fourth-order valence-corrected chi connectivity index (χ4v) is 0.931. The van der Waals surface area contributed by atoms with E-state index >= 15 is 0 Å². The zero-order valence-electron chi connectivity index (χ0n) is 9.19. The molecule has 86 valence electrons. The Kier molecular flexibility index (Phi) is 6.17. The number of carbonyl (C=O) groups excluding carboxylic acids is 1. The predicted molar refractivity (Wildman–Crippen MR) is 57.7 cm³/mol. The molecule has 15 heavy (non-hydrogen) atoms. The average Bonchev–Trinajstić information content (AvgIpc) is 2.17. The fourth-order valence-electron chi connectivity index (χ4n) is 0.931. The first-order valence-corrected chi connectivity index (χ1v) is 4.84. The molecule has 0 saturated carbocycles. The quantitative estimate of drug-likeness (QED) is 0.513. The topological polar surface area (TPSA) is 69.6 Å². The van der Waals surface area contributed by atoms with Crippen molar-refractivity contribution in [3.63, 3.8) is 0 Å². The van der Waals surface area contributed by atoms with Crippen LogP contribution in [0.1, 0.15) is 19.8 Å². The number of carboxylic acid groups (broad SMARTS) is 1. The molecule has 0 bridgehead atoms. The van der Waals surface area contributed by atoms with Gasteiger partial charge in [-0.15, -0.1) is 6.58 Å². The number of unbranched alkanes of at least 4 members (excludes halogenated alkanes) is 1. The molecule has 0 unspecified atom stereocenters. The normalized spacial score (nSPS) is 11.6. The molecule has 0 fully saturated rings. The van der Waals surface area contributed by atoms with Gasteiger partial charge in [0, 0.05) is 13.6 Å². The molecule has 0 aliphatic heterocycles. The molecule has 0 saturated heterocycles. The SMILES string of the molecule is C=CCCCN(C)C(=O)N[C@@H](C)C(=O)O. The van der Waals surface area contributed by atoms with Crippen LogP contribution in [0, 0.1) is 0 Å². The molecule has 5 heteroatoms. The van der Waals surface area contributed by atoms with Gasteiger partial charge in [0.1, 0.15) is 6.04 Å². The summed E-state index contributed by atoms with van der Waals surface area (Å²) in [6.45, 7) is 5.59. The first kappa shape index (κ1) is 13.5. The van der Waals surface area contributed by atoms with Crippen molar-refractivity contribution >= 4 is 12.0 Å². The molecule has 0 aromatic rings. The van der Waals surface area contributed by atoms with Gasteiger partial charge in [0.25, 0.3) is 0 Å². The second kappa shape index (κ2) is 6.86. The summed E-state index contributed by atoms with van der Waals surface area (Å²) in [4.78, 5) is 23.3. The van der Waals surface area contributed by atoms with Crippen LogP contribution in [0.4, 0.5) is 4.79 Å². The van der Waals surface area contributed by atoms with Crippen LogP contribution in [0.5, 0.6) is 0 Å². The molecule has 0 heterocycles. The van der Waals surface area contributed by atoms with Gasteiger partial charge in [0.2, 0.25) is 0 Å². The molecule has 0 spiro atoms. The van der Waals surface area contributed by atoms with Crippen molar-refractivity contribution in [2.75, 3.05) is 13.6 Å². The van der Waals surface area contributed by atoms with Crippen LogP contribution in [0.3, 0.4) is 0 Å². The van der Waals surface area contributed by atoms with Crippen molar-refractivity contribution in [2.45, 2.75) is 25.8 Å². The maximum Gasteiger partial charge on any atom is 0.325 e. The number of nitrogens with zero attached hydrogens (tertiary/aromatic N) is 1. The Hall–Kier alpha value is -1.52. The van der Waals surface area contributed by atoms with Crippen molar-refractivity contribution in [3.05, 3.63) is 12.7 Å². The first-order chi connectivity index (χ1) is 6.99. The third-order valence-corrected chi connectivity index (χ3v) is 1.96. The lowest BCUT2D eigenvalue weighted by Gasteiger charge is -2.19. The van der Waals surface area contributed by atoms with Crippen LogP contribution in [0.2, 0.25) is 0 Å². The van der Waals surface area contributed by atoms with Crippen LogP contribution in [-0.4, -0.2) is 41.6 Å². The summed E-state index contributed by atoms with van der Waals surface area (Å²) >= 11 is 0. The number of hydrogen-bond acceptors (Lipinski definition) is 2. The smallest absolute Gasteiger partial charge is 0.325 e. The van der Waals surface area contributed by atoms with E-state index < -0.39 is 12.0 Å². The molecule has 0 rings (SSSR count). The summed E-state index contributed by atoms with van der Waals surface area (Å²) in [6.07, 6.45) is 3.45. The molecule has 5 nitrogen and oxygen atoms in total. The monoisotopic (exact) mass is 214 g/mol. The molecule has 0 aliphatic rings. The van der Waals surface area contributed by atoms with E-state index in [0.717, 1.165) is 12.8 Å². The number of amides is 2. The molecule has 0 aliphatic carbocycles. The first-order valence-electron chi connectivity index (χ1n) is 4.84. The highest BCUT2D eigenvalue weighted by molar-refractivity contribution is 5.82. The van der Waals surface area contributed by atoms with Gasteiger partial charge in [-0.3, -0.25) is 4.79 Å². The van der Waals surface area contributed by atoms with Crippen molar-refractivity contribution in [1.82, 2.24) is 10.2 Å². The van der Waals surface area contributed by atoms with Gasteiger partial charge in [-0.05, 0) is 19.8 Å². The van der Waals surface area contributed by atoms with E-state index in [-0.39, 0.29) is 6.03 Å². The van der Waals surface area contributed by atoms with Gasteiger partial charge in [-0.25, -0.2) is 4.79 Å². The van der Waals surface area contributed by atoms with Crippen molar-refractivity contribution < 1.29 is 14.7 Å². The second-order valence-corrected chi connectivity index (χ2v) is 3.36. The summed E-state index contributed by atoms with van der Waals surface area (Å²) < 4.78 is 0. The summed E-state index contributed by atoms with van der Waals surface area (Å²) in [5.74, 6) is -1.04. The summed E-state index contributed by atoms with van der Waals surface area (Å²) in [6, 6.07) is -1.23. The molecule has 0 aromatic carbocycles. The zero-order valence-corrected chi connectivity index (χ0v) is 9.19. The largest absolute Gasteiger partial charge is 0.480 e. The standard InChI is InChI=1S/C10H18N2O3/c1-4-5-6-7-12(3)10(15)11-8(2)9(13)14/h4,8H,1,5-7H2,2-3H3,(H,11,15)(H,13,14)/t8-/m0/s1. The summed E-state index contributed by atoms with van der Waals surface area (Å²) in [5.41, 5.74) is 0. The Morgan fingerprint density at radius 3 is 2.67 bits per heavy atom. The highest BCUT2D eigenvalue weighted by Gasteiger charge is 2.15. The van der Waals surface area contributed by atoms with E-state index in [9.17, 15) is 9.59 Å².